The van der Waals surface area contributed by atoms with Crippen LogP contribution in [0.4, 0.5) is 0 Å². The Hall–Kier alpha value is -1.19. The van der Waals surface area contributed by atoms with Gasteiger partial charge >= 0.3 is 0 Å². The molecule has 0 aliphatic carbocycles. The monoisotopic (exact) mass is 259 g/mol. The number of ketones is 1. The average molecular weight is 259 g/mol. The lowest BCUT2D eigenvalue weighted by molar-refractivity contribution is 0.0968. The van der Waals surface area contributed by atoms with Gasteiger partial charge in [-0.15, -0.1) is 11.3 Å². The predicted octanol–water partition coefficient (Wildman–Crippen LogP) is 3.62. The quantitative estimate of drug-likeness (QED) is 0.853. The molecule has 94 valence electrons. The number of piperidine rings is 1. The van der Waals surface area contributed by atoms with E-state index in [4.69, 9.17) is 0 Å². The van der Waals surface area contributed by atoms with Gasteiger partial charge in [-0.25, -0.2) is 0 Å². The molecule has 1 aliphatic rings. The summed E-state index contributed by atoms with van der Waals surface area (Å²) in [5.74, 6) is 0.288. The van der Waals surface area contributed by atoms with Gasteiger partial charge in [0, 0.05) is 17.2 Å². The van der Waals surface area contributed by atoms with Crippen LogP contribution in [0.3, 0.4) is 0 Å². The van der Waals surface area contributed by atoms with E-state index in [-0.39, 0.29) is 5.78 Å². The maximum absolute atomic E-state index is 12.3. The van der Waals surface area contributed by atoms with E-state index in [1.54, 1.807) is 11.3 Å². The number of Topliss-reactive ketones (excluding diaryl/α,β-unsaturated/α-hetero) is 1. The second-order valence-corrected chi connectivity index (χ2v) is 6.01. The molecule has 0 saturated carbocycles. The smallest absolute Gasteiger partial charge is 0.174 e. The Morgan fingerprint density at radius 2 is 2.22 bits per heavy atom. The summed E-state index contributed by atoms with van der Waals surface area (Å²) in [5.41, 5.74) is 0. The van der Waals surface area contributed by atoms with E-state index < -0.39 is 0 Å². The highest BCUT2D eigenvalue weighted by Crippen LogP contribution is 2.27. The fourth-order valence-corrected chi connectivity index (χ4v) is 3.55. The number of rotatable bonds is 3. The fourth-order valence-electron chi connectivity index (χ4n) is 2.54. The van der Waals surface area contributed by atoms with Gasteiger partial charge in [0.25, 0.3) is 0 Å². The van der Waals surface area contributed by atoms with Crippen LogP contribution in [0.15, 0.2) is 30.3 Å². The van der Waals surface area contributed by atoms with E-state index in [1.807, 2.05) is 18.2 Å². The first kappa shape index (κ1) is 11.9. The number of carbonyl (C=O) groups is 1. The molecule has 3 heteroatoms. The summed E-state index contributed by atoms with van der Waals surface area (Å²) in [4.78, 5) is 13.2. The van der Waals surface area contributed by atoms with Gasteiger partial charge in [0.15, 0.2) is 5.78 Å². The van der Waals surface area contributed by atoms with Crippen LogP contribution < -0.4 is 5.32 Å². The van der Waals surface area contributed by atoms with E-state index in [0.717, 1.165) is 17.8 Å². The van der Waals surface area contributed by atoms with Crippen LogP contribution in [-0.4, -0.2) is 18.4 Å². The molecule has 2 heterocycles. The molecule has 1 aromatic carbocycles. The van der Waals surface area contributed by atoms with Crippen molar-refractivity contribution in [1.82, 2.24) is 5.32 Å². The van der Waals surface area contributed by atoms with Gasteiger partial charge in [-0.05, 0) is 36.9 Å². The normalized spacial score (nSPS) is 20.1. The Labute approximate surface area is 111 Å². The van der Waals surface area contributed by atoms with Crippen LogP contribution in [0, 0.1) is 0 Å². The van der Waals surface area contributed by atoms with Gasteiger partial charge in [-0.3, -0.25) is 4.79 Å². The SMILES string of the molecule is O=C(CC1CCCCN1)c1cc2ccccc2s1. The second kappa shape index (κ2) is 5.21. The molecular weight excluding hydrogens is 242 g/mol. The van der Waals surface area contributed by atoms with Crippen LogP contribution >= 0.6 is 11.3 Å². The summed E-state index contributed by atoms with van der Waals surface area (Å²) < 4.78 is 1.21. The topological polar surface area (TPSA) is 29.1 Å². The average Bonchev–Trinajstić information content (AvgIpc) is 2.84. The molecular formula is C15H17NOS. The predicted molar refractivity (Wildman–Crippen MR) is 76.4 cm³/mol. The lowest BCUT2D eigenvalue weighted by atomic mass is 9.99. The van der Waals surface area contributed by atoms with Crippen molar-refractivity contribution >= 4 is 27.2 Å². The van der Waals surface area contributed by atoms with E-state index >= 15 is 0 Å². The lowest BCUT2D eigenvalue weighted by Gasteiger charge is -2.22. The van der Waals surface area contributed by atoms with Gasteiger partial charge in [0.1, 0.15) is 0 Å². The van der Waals surface area contributed by atoms with Crippen molar-refractivity contribution in [2.75, 3.05) is 6.54 Å². The van der Waals surface area contributed by atoms with Crippen LogP contribution in [0.1, 0.15) is 35.4 Å². The zero-order valence-electron chi connectivity index (χ0n) is 10.3. The number of nitrogens with one attached hydrogen (secondary N) is 1. The molecule has 1 fully saturated rings. The lowest BCUT2D eigenvalue weighted by Crippen LogP contribution is -2.35. The number of hydrogen-bond donors (Lipinski definition) is 1. The van der Waals surface area contributed by atoms with E-state index in [2.05, 4.69) is 17.4 Å². The van der Waals surface area contributed by atoms with Gasteiger partial charge in [0.05, 0.1) is 4.88 Å². The third kappa shape index (κ3) is 2.47. The Kier molecular flexibility index (Phi) is 3.43. The number of carbonyl (C=O) groups excluding carboxylic acids is 1. The van der Waals surface area contributed by atoms with Crippen molar-refractivity contribution in [3.8, 4) is 0 Å². The highest BCUT2D eigenvalue weighted by Gasteiger charge is 2.18. The Morgan fingerprint density at radius 3 is 3.00 bits per heavy atom. The zero-order chi connectivity index (χ0) is 12.4. The highest BCUT2D eigenvalue weighted by molar-refractivity contribution is 7.20. The fraction of sp³-hybridized carbons (Fsp3) is 0.400. The zero-order valence-corrected chi connectivity index (χ0v) is 11.1. The Morgan fingerprint density at radius 1 is 1.33 bits per heavy atom. The molecule has 0 radical (unpaired) electrons. The van der Waals surface area contributed by atoms with E-state index in [0.29, 0.717) is 12.5 Å². The second-order valence-electron chi connectivity index (χ2n) is 4.92. The van der Waals surface area contributed by atoms with Crippen molar-refractivity contribution in [2.45, 2.75) is 31.7 Å². The van der Waals surface area contributed by atoms with Gasteiger partial charge in [-0.2, -0.15) is 0 Å². The first-order chi connectivity index (χ1) is 8.83. The van der Waals surface area contributed by atoms with E-state index in [9.17, 15) is 4.79 Å². The third-order valence-corrected chi connectivity index (χ3v) is 4.70. The molecule has 18 heavy (non-hydrogen) atoms. The van der Waals surface area contributed by atoms with Crippen LogP contribution in [0.25, 0.3) is 10.1 Å². The summed E-state index contributed by atoms with van der Waals surface area (Å²) in [7, 11) is 0. The number of fused-ring (bicyclic) bond motifs is 1. The molecule has 0 spiro atoms. The molecule has 1 atom stereocenters. The van der Waals surface area contributed by atoms with E-state index in [1.165, 1.54) is 22.9 Å². The highest BCUT2D eigenvalue weighted by atomic mass is 32.1. The van der Waals surface area contributed by atoms with Crippen LogP contribution in [0.2, 0.25) is 0 Å². The number of benzene rings is 1. The summed E-state index contributed by atoms with van der Waals surface area (Å²) in [6, 6.07) is 10.6. The van der Waals surface area contributed by atoms with Crippen molar-refractivity contribution in [3.05, 3.63) is 35.2 Å². The van der Waals surface area contributed by atoms with Crippen LogP contribution in [-0.2, 0) is 0 Å². The van der Waals surface area contributed by atoms with Crippen molar-refractivity contribution in [1.29, 1.82) is 0 Å². The van der Waals surface area contributed by atoms with Crippen LogP contribution in [0.5, 0.6) is 0 Å². The van der Waals surface area contributed by atoms with Crippen molar-refractivity contribution < 1.29 is 4.79 Å². The number of hydrogen-bond acceptors (Lipinski definition) is 3. The van der Waals surface area contributed by atoms with Crippen molar-refractivity contribution in [2.24, 2.45) is 0 Å². The standard InChI is InChI=1S/C15H17NOS/c17-13(10-12-6-3-4-8-16-12)15-9-11-5-1-2-7-14(11)18-15/h1-2,5,7,9,12,16H,3-4,6,8,10H2. The molecule has 1 saturated heterocycles. The maximum Gasteiger partial charge on any atom is 0.174 e. The molecule has 3 rings (SSSR count). The minimum absolute atomic E-state index is 0.288. The molecule has 1 unspecified atom stereocenters. The first-order valence-electron chi connectivity index (χ1n) is 6.58. The summed E-state index contributed by atoms with van der Waals surface area (Å²) in [6.07, 6.45) is 4.27. The van der Waals surface area contributed by atoms with Gasteiger partial charge in [-0.1, -0.05) is 24.6 Å². The van der Waals surface area contributed by atoms with Gasteiger partial charge in [0.2, 0.25) is 0 Å². The summed E-state index contributed by atoms with van der Waals surface area (Å²) in [5, 5.41) is 4.62. The minimum atomic E-state index is 0.288. The molecule has 1 aromatic heterocycles. The van der Waals surface area contributed by atoms with Crippen molar-refractivity contribution in [3.63, 3.8) is 0 Å². The molecule has 2 nitrogen and oxygen atoms in total. The third-order valence-electron chi connectivity index (χ3n) is 3.54. The Bertz CT molecular complexity index is 521. The number of thiophene rings is 1. The molecule has 2 aromatic rings. The molecule has 0 amide bonds. The molecule has 0 bridgehead atoms. The van der Waals surface area contributed by atoms with Gasteiger partial charge < -0.3 is 5.32 Å². The largest absolute Gasteiger partial charge is 0.314 e. The first-order valence-corrected chi connectivity index (χ1v) is 7.40. The molecule has 1 N–H and O–H groups in total. The Balaban J connectivity index is 1.74. The summed E-state index contributed by atoms with van der Waals surface area (Å²) >= 11 is 1.62. The maximum atomic E-state index is 12.3. The minimum Gasteiger partial charge on any atom is -0.314 e. The summed E-state index contributed by atoms with van der Waals surface area (Å²) in [6.45, 7) is 1.06. The molecule has 1 aliphatic heterocycles.